The van der Waals surface area contributed by atoms with Crippen LogP contribution in [0.3, 0.4) is 0 Å². The highest BCUT2D eigenvalue weighted by Gasteiger charge is 2.37. The van der Waals surface area contributed by atoms with Gasteiger partial charge in [-0.15, -0.1) is 11.3 Å². The van der Waals surface area contributed by atoms with Crippen molar-refractivity contribution in [2.24, 2.45) is 0 Å². The van der Waals surface area contributed by atoms with Crippen molar-refractivity contribution in [1.82, 2.24) is 14.8 Å². The zero-order valence-electron chi connectivity index (χ0n) is 11.6. The maximum atomic E-state index is 12.5. The van der Waals surface area contributed by atoms with Crippen LogP contribution in [0.15, 0.2) is 11.6 Å². The first-order chi connectivity index (χ1) is 10.2. The van der Waals surface area contributed by atoms with Crippen LogP contribution in [0.1, 0.15) is 12.8 Å². The quantitative estimate of drug-likeness (QED) is 0.879. The normalized spacial score (nSPS) is 22.7. The molecule has 0 radical (unpaired) electrons. The standard InChI is InChI=1S/C13H18N4O3S/c18-11(19)10-2-1-4-17(10)13(20)16-7-5-15(6-8-16)12-14-3-9-21-12/h3,9-10H,1-2,4-8H2,(H,18,19)/t10-/m0/s1. The van der Waals surface area contributed by atoms with E-state index < -0.39 is 12.0 Å². The predicted molar refractivity (Wildman–Crippen MR) is 78.7 cm³/mol. The minimum absolute atomic E-state index is 0.140. The van der Waals surface area contributed by atoms with Crippen LogP contribution in [0.5, 0.6) is 0 Å². The van der Waals surface area contributed by atoms with Gasteiger partial charge in [-0.25, -0.2) is 14.6 Å². The van der Waals surface area contributed by atoms with Crippen molar-refractivity contribution < 1.29 is 14.7 Å². The second-order valence-corrected chi connectivity index (χ2v) is 6.13. The Labute approximate surface area is 126 Å². The van der Waals surface area contributed by atoms with Gasteiger partial charge in [-0.1, -0.05) is 0 Å². The van der Waals surface area contributed by atoms with E-state index in [2.05, 4.69) is 9.88 Å². The Morgan fingerprint density at radius 3 is 2.62 bits per heavy atom. The van der Waals surface area contributed by atoms with Gasteiger partial charge >= 0.3 is 12.0 Å². The fourth-order valence-corrected chi connectivity index (χ4v) is 3.59. The van der Waals surface area contributed by atoms with E-state index in [0.29, 0.717) is 26.1 Å². The van der Waals surface area contributed by atoms with E-state index in [1.807, 2.05) is 5.38 Å². The molecule has 1 aromatic heterocycles. The number of carbonyl (C=O) groups is 2. The highest BCUT2D eigenvalue weighted by molar-refractivity contribution is 7.13. The van der Waals surface area contributed by atoms with E-state index in [0.717, 1.165) is 24.6 Å². The highest BCUT2D eigenvalue weighted by Crippen LogP contribution is 2.22. The number of nitrogens with zero attached hydrogens (tertiary/aromatic N) is 4. The number of anilines is 1. The molecule has 0 unspecified atom stereocenters. The van der Waals surface area contributed by atoms with Gasteiger partial charge in [-0.05, 0) is 12.8 Å². The Bertz CT molecular complexity index is 513. The van der Waals surface area contributed by atoms with Crippen molar-refractivity contribution in [2.45, 2.75) is 18.9 Å². The number of carbonyl (C=O) groups excluding carboxylic acids is 1. The number of piperazine rings is 1. The summed E-state index contributed by atoms with van der Waals surface area (Å²) < 4.78 is 0. The van der Waals surface area contributed by atoms with Gasteiger partial charge in [0.05, 0.1) is 0 Å². The van der Waals surface area contributed by atoms with Gasteiger partial charge in [0.1, 0.15) is 6.04 Å². The van der Waals surface area contributed by atoms with E-state index in [1.54, 1.807) is 22.4 Å². The average Bonchev–Trinajstić information content (AvgIpc) is 3.18. The summed E-state index contributed by atoms with van der Waals surface area (Å²) in [5.74, 6) is -0.901. The fourth-order valence-electron chi connectivity index (χ4n) is 2.90. The molecule has 21 heavy (non-hydrogen) atoms. The molecule has 2 fully saturated rings. The molecule has 7 nitrogen and oxygen atoms in total. The number of urea groups is 1. The molecule has 8 heteroatoms. The number of amides is 2. The lowest BCUT2D eigenvalue weighted by atomic mass is 10.2. The van der Waals surface area contributed by atoms with Crippen molar-refractivity contribution in [3.63, 3.8) is 0 Å². The summed E-state index contributed by atoms with van der Waals surface area (Å²) in [5.41, 5.74) is 0. The lowest BCUT2D eigenvalue weighted by molar-refractivity contribution is -0.141. The van der Waals surface area contributed by atoms with Crippen LogP contribution in [-0.4, -0.2) is 70.7 Å². The number of aromatic nitrogens is 1. The van der Waals surface area contributed by atoms with Crippen LogP contribution in [0.4, 0.5) is 9.93 Å². The zero-order chi connectivity index (χ0) is 14.8. The number of rotatable bonds is 2. The van der Waals surface area contributed by atoms with E-state index in [1.165, 1.54) is 4.90 Å². The molecule has 2 saturated heterocycles. The lowest BCUT2D eigenvalue weighted by Gasteiger charge is -2.37. The van der Waals surface area contributed by atoms with Crippen molar-refractivity contribution in [3.8, 4) is 0 Å². The van der Waals surface area contributed by atoms with Gasteiger partial charge in [-0.2, -0.15) is 0 Å². The number of hydrogen-bond donors (Lipinski definition) is 1. The minimum Gasteiger partial charge on any atom is -0.480 e. The number of carboxylic acids is 1. The minimum atomic E-state index is -0.901. The Kier molecular flexibility index (Phi) is 3.96. The topological polar surface area (TPSA) is 77.0 Å². The SMILES string of the molecule is O=C(O)[C@@H]1CCCN1C(=O)N1CCN(c2nccs2)CC1. The monoisotopic (exact) mass is 310 g/mol. The number of likely N-dealkylation sites (tertiary alicyclic amines) is 1. The smallest absolute Gasteiger partial charge is 0.326 e. The lowest BCUT2D eigenvalue weighted by Crippen LogP contribution is -2.54. The molecule has 0 spiro atoms. The van der Waals surface area contributed by atoms with Crippen molar-refractivity contribution in [3.05, 3.63) is 11.6 Å². The van der Waals surface area contributed by atoms with Gasteiger partial charge in [0.15, 0.2) is 5.13 Å². The second kappa shape index (κ2) is 5.88. The molecular formula is C13H18N4O3S. The van der Waals surface area contributed by atoms with E-state index in [4.69, 9.17) is 0 Å². The van der Waals surface area contributed by atoms with Gasteiger partial charge in [-0.3, -0.25) is 0 Å². The summed E-state index contributed by atoms with van der Waals surface area (Å²) in [5, 5.41) is 12.1. The molecule has 2 amide bonds. The molecule has 2 aliphatic rings. The molecule has 114 valence electrons. The molecule has 0 saturated carbocycles. The van der Waals surface area contributed by atoms with E-state index in [9.17, 15) is 14.7 Å². The first kappa shape index (κ1) is 14.1. The third-order valence-electron chi connectivity index (χ3n) is 4.02. The third-order valence-corrected chi connectivity index (χ3v) is 4.86. The summed E-state index contributed by atoms with van der Waals surface area (Å²) in [6.07, 6.45) is 3.10. The molecule has 1 atom stereocenters. The summed E-state index contributed by atoms with van der Waals surface area (Å²) in [4.78, 5) is 33.3. The van der Waals surface area contributed by atoms with E-state index >= 15 is 0 Å². The molecule has 0 aliphatic carbocycles. The largest absolute Gasteiger partial charge is 0.480 e. The number of hydrogen-bond acceptors (Lipinski definition) is 5. The highest BCUT2D eigenvalue weighted by atomic mass is 32.1. The third kappa shape index (κ3) is 2.80. The number of carboxylic acid groups (broad SMARTS) is 1. The number of thiazole rings is 1. The molecule has 1 aromatic rings. The summed E-state index contributed by atoms with van der Waals surface area (Å²) >= 11 is 1.59. The predicted octanol–water partition coefficient (Wildman–Crippen LogP) is 0.934. The van der Waals surface area contributed by atoms with Crippen LogP contribution >= 0.6 is 11.3 Å². The maximum Gasteiger partial charge on any atom is 0.326 e. The van der Waals surface area contributed by atoms with Gasteiger partial charge in [0, 0.05) is 44.3 Å². The van der Waals surface area contributed by atoms with Crippen LogP contribution in [-0.2, 0) is 4.79 Å². The summed E-state index contributed by atoms with van der Waals surface area (Å²) in [7, 11) is 0. The summed E-state index contributed by atoms with van der Waals surface area (Å²) in [6, 6.07) is -0.798. The Hall–Kier alpha value is -1.83. The molecule has 3 rings (SSSR count). The second-order valence-electron chi connectivity index (χ2n) is 5.26. The Balaban J connectivity index is 1.59. The first-order valence-electron chi connectivity index (χ1n) is 7.09. The van der Waals surface area contributed by atoms with E-state index in [-0.39, 0.29) is 6.03 Å². The maximum absolute atomic E-state index is 12.5. The van der Waals surface area contributed by atoms with Crippen LogP contribution < -0.4 is 4.90 Å². The van der Waals surface area contributed by atoms with Crippen LogP contribution in [0.2, 0.25) is 0 Å². The molecule has 3 heterocycles. The molecule has 1 N–H and O–H groups in total. The molecular weight excluding hydrogens is 292 g/mol. The average molecular weight is 310 g/mol. The van der Waals surface area contributed by atoms with Gasteiger partial charge < -0.3 is 19.8 Å². The van der Waals surface area contributed by atoms with Crippen molar-refractivity contribution >= 4 is 28.5 Å². The van der Waals surface area contributed by atoms with Crippen LogP contribution in [0.25, 0.3) is 0 Å². The first-order valence-corrected chi connectivity index (χ1v) is 7.97. The van der Waals surface area contributed by atoms with Crippen LogP contribution in [0, 0.1) is 0 Å². The zero-order valence-corrected chi connectivity index (χ0v) is 12.5. The molecule has 0 aromatic carbocycles. The fraction of sp³-hybridized carbons (Fsp3) is 0.615. The van der Waals surface area contributed by atoms with Gasteiger partial charge in [0.25, 0.3) is 0 Å². The van der Waals surface area contributed by atoms with Gasteiger partial charge in [0.2, 0.25) is 0 Å². The van der Waals surface area contributed by atoms with Crippen molar-refractivity contribution in [1.29, 1.82) is 0 Å². The summed E-state index contributed by atoms with van der Waals surface area (Å²) in [6.45, 7) is 3.25. The van der Waals surface area contributed by atoms with Crippen molar-refractivity contribution in [2.75, 3.05) is 37.6 Å². The Morgan fingerprint density at radius 1 is 1.24 bits per heavy atom. The molecule has 0 bridgehead atoms. The number of aliphatic carboxylic acids is 1. The molecule has 2 aliphatic heterocycles. The Morgan fingerprint density at radius 2 is 2.00 bits per heavy atom.